The molecule has 2 bridgehead atoms. The van der Waals surface area contributed by atoms with Gasteiger partial charge in [0.15, 0.2) is 12.6 Å². The van der Waals surface area contributed by atoms with Crippen molar-refractivity contribution in [2.24, 2.45) is 0 Å². The molecule has 8 rings (SSSR count). The molecule has 3 aromatic rings. The van der Waals surface area contributed by atoms with Crippen LogP contribution in [0.1, 0.15) is 58.4 Å². The molecule has 0 aliphatic carbocycles. The number of benzene rings is 1. The van der Waals surface area contributed by atoms with E-state index in [1.807, 2.05) is 9.80 Å². The summed E-state index contributed by atoms with van der Waals surface area (Å²) in [6.07, 6.45) is -3.45. The molecule has 0 saturated carbocycles. The molecule has 54 heavy (non-hydrogen) atoms. The smallest absolute Gasteiger partial charge is 0.418 e. The number of piperazine rings is 1. The average Bonchev–Trinajstić information content (AvgIpc) is 3.69. The number of carbonyl (C=O) groups is 1. The summed E-state index contributed by atoms with van der Waals surface area (Å²) in [7, 11) is 1.33. The molecule has 2 aromatic heterocycles. The van der Waals surface area contributed by atoms with E-state index in [0.717, 1.165) is 18.6 Å². The number of aromatic nitrogens is 3. The van der Waals surface area contributed by atoms with Gasteiger partial charge in [-0.25, -0.2) is 18.6 Å². The van der Waals surface area contributed by atoms with E-state index in [1.54, 1.807) is 25.7 Å². The maximum atomic E-state index is 17.1. The molecule has 4 saturated heterocycles. The van der Waals surface area contributed by atoms with Crippen molar-refractivity contribution in [1.29, 1.82) is 0 Å². The maximum absolute atomic E-state index is 17.1. The molecular weight excluding hydrogens is 743 g/mol. The Kier molecular flexibility index (Phi) is 9.15. The third kappa shape index (κ3) is 6.38. The number of methoxy groups -OCH3 is 1. The van der Waals surface area contributed by atoms with Crippen molar-refractivity contribution < 1.29 is 50.4 Å². The highest BCUT2D eigenvalue weighted by atomic mass is 35.5. The highest BCUT2D eigenvalue weighted by Crippen LogP contribution is 2.49. The topological polar surface area (TPSA) is 112 Å². The van der Waals surface area contributed by atoms with Crippen LogP contribution in [0, 0.1) is 5.82 Å². The molecule has 292 valence electrons. The van der Waals surface area contributed by atoms with Crippen LogP contribution in [0.4, 0.5) is 32.6 Å². The molecule has 0 spiro atoms. The van der Waals surface area contributed by atoms with Gasteiger partial charge in [0, 0.05) is 32.2 Å². The summed E-state index contributed by atoms with van der Waals surface area (Å²) in [5.74, 6) is -1.33. The zero-order valence-electron chi connectivity index (χ0n) is 30.1. The predicted octanol–water partition coefficient (Wildman–Crippen LogP) is 6.79. The van der Waals surface area contributed by atoms with Gasteiger partial charge in [0.1, 0.15) is 53.2 Å². The Labute approximate surface area is 312 Å². The number of halogens is 6. The summed E-state index contributed by atoms with van der Waals surface area (Å²) >= 11 is 6.19. The fourth-order valence-electron chi connectivity index (χ4n) is 8.82. The minimum absolute atomic E-state index is 0.0229. The lowest BCUT2D eigenvalue weighted by atomic mass is 9.95. The van der Waals surface area contributed by atoms with Gasteiger partial charge < -0.3 is 28.6 Å². The third-order valence-electron chi connectivity index (χ3n) is 11.0. The van der Waals surface area contributed by atoms with E-state index in [9.17, 15) is 22.4 Å². The minimum atomic E-state index is -5.03. The van der Waals surface area contributed by atoms with Crippen molar-refractivity contribution in [3.8, 4) is 28.9 Å². The number of carbonyl (C=O) groups excluding carboxylic acids is 1. The van der Waals surface area contributed by atoms with Crippen LogP contribution in [0.25, 0.3) is 22.2 Å². The highest BCUT2D eigenvalue weighted by Gasteiger charge is 2.53. The summed E-state index contributed by atoms with van der Waals surface area (Å²) < 4.78 is 104. The Bertz CT molecular complexity index is 1990. The van der Waals surface area contributed by atoms with Crippen molar-refractivity contribution in [2.45, 2.75) is 94.5 Å². The van der Waals surface area contributed by atoms with Gasteiger partial charge in [0.2, 0.25) is 5.88 Å². The summed E-state index contributed by atoms with van der Waals surface area (Å²) in [6, 6.07) is 0.492. The second-order valence-electron chi connectivity index (χ2n) is 15.6. The molecule has 5 atom stereocenters. The predicted molar refractivity (Wildman–Crippen MR) is 185 cm³/mol. The van der Waals surface area contributed by atoms with Crippen molar-refractivity contribution in [3.63, 3.8) is 0 Å². The fraction of sp³-hybridized carbons (Fsp3) is 0.611. The van der Waals surface area contributed by atoms with Gasteiger partial charge in [-0.15, -0.1) is 0 Å². The summed E-state index contributed by atoms with van der Waals surface area (Å²) in [6.45, 7) is 6.24. The molecule has 12 nitrogen and oxygen atoms in total. The fourth-order valence-corrected chi connectivity index (χ4v) is 9.14. The molecule has 18 heteroatoms. The lowest BCUT2D eigenvalue weighted by Gasteiger charge is -2.46. The first-order valence-electron chi connectivity index (χ1n) is 17.9. The normalized spacial score (nSPS) is 26.4. The molecule has 0 unspecified atom stereocenters. The van der Waals surface area contributed by atoms with E-state index in [2.05, 4.69) is 9.97 Å². The summed E-state index contributed by atoms with van der Waals surface area (Å²) in [4.78, 5) is 32.8. The van der Waals surface area contributed by atoms with Crippen LogP contribution in [0.3, 0.4) is 0 Å². The monoisotopic (exact) mass is 782 g/mol. The minimum Gasteiger partial charge on any atom is -0.475 e. The van der Waals surface area contributed by atoms with Gasteiger partial charge in [-0.05, 0) is 65.1 Å². The van der Waals surface area contributed by atoms with E-state index in [1.165, 1.54) is 7.11 Å². The van der Waals surface area contributed by atoms with Crippen LogP contribution in [-0.2, 0) is 15.7 Å². The van der Waals surface area contributed by atoms with Crippen LogP contribution >= 0.6 is 11.6 Å². The number of fused-ring (bicyclic) bond motifs is 6. The average molecular weight is 783 g/mol. The number of alkyl halides is 4. The Morgan fingerprint density at radius 3 is 2.63 bits per heavy atom. The lowest BCUT2D eigenvalue weighted by Crippen LogP contribution is -2.63. The van der Waals surface area contributed by atoms with Crippen molar-refractivity contribution >= 4 is 34.4 Å². The van der Waals surface area contributed by atoms with Crippen LogP contribution in [0.5, 0.6) is 17.6 Å². The Hall–Kier alpha value is -3.96. The first-order chi connectivity index (χ1) is 25.6. The van der Waals surface area contributed by atoms with Crippen LogP contribution in [0.2, 0.25) is 5.02 Å². The Balaban J connectivity index is 1.27. The van der Waals surface area contributed by atoms with E-state index >= 15 is 4.39 Å². The standard InChI is InChI=1S/C36H40ClF5N6O6/c1-34(2,3)54-33(49)48-19-6-7-23(48)24-15-51-31-25-29(27(39)28(43-31)21-10-20(53-17-50-4)11-22(37)26(21)36(40,41)42)44-32(45-30(25)47(24)14-19)52-16-35-8-5-9-46(35)13-18(38)12-35/h10-11,18-19,23-24H,5-9,12-17H2,1-4H3/t18-,19-,23+,24+,35+/m0/s1. The molecule has 4 fully saturated rings. The first-order valence-corrected chi connectivity index (χ1v) is 18.3. The molecular formula is C36H40ClF5N6O6. The second-order valence-corrected chi connectivity index (χ2v) is 16.0. The number of nitrogens with zero attached hydrogens (tertiary/aromatic N) is 6. The molecule has 0 radical (unpaired) electrons. The Morgan fingerprint density at radius 2 is 1.89 bits per heavy atom. The van der Waals surface area contributed by atoms with Crippen LogP contribution < -0.4 is 19.1 Å². The van der Waals surface area contributed by atoms with Crippen LogP contribution in [0.15, 0.2) is 12.1 Å². The number of rotatable bonds is 7. The van der Waals surface area contributed by atoms with Crippen molar-refractivity contribution in [1.82, 2.24) is 24.8 Å². The van der Waals surface area contributed by atoms with Gasteiger partial charge in [-0.3, -0.25) is 9.80 Å². The number of ether oxygens (including phenoxy) is 5. The maximum Gasteiger partial charge on any atom is 0.418 e. The van der Waals surface area contributed by atoms with Gasteiger partial charge in [0.25, 0.3) is 0 Å². The molecule has 1 amide bonds. The first kappa shape index (κ1) is 37.0. The molecule has 5 aliphatic rings. The van der Waals surface area contributed by atoms with Gasteiger partial charge in [-0.1, -0.05) is 11.6 Å². The van der Waals surface area contributed by atoms with E-state index < -0.39 is 69.3 Å². The quantitative estimate of drug-likeness (QED) is 0.187. The third-order valence-corrected chi connectivity index (χ3v) is 11.3. The summed E-state index contributed by atoms with van der Waals surface area (Å²) in [5, 5.41) is -0.710. The van der Waals surface area contributed by atoms with E-state index in [0.29, 0.717) is 25.8 Å². The number of hydrogen-bond acceptors (Lipinski definition) is 11. The van der Waals surface area contributed by atoms with E-state index in [4.69, 9.17) is 40.3 Å². The zero-order chi connectivity index (χ0) is 38.3. The van der Waals surface area contributed by atoms with Gasteiger partial charge in [0.05, 0.1) is 34.3 Å². The number of pyridine rings is 1. The van der Waals surface area contributed by atoms with Crippen molar-refractivity contribution in [2.75, 3.05) is 51.7 Å². The number of amides is 1. The number of hydrogen-bond donors (Lipinski definition) is 0. The lowest BCUT2D eigenvalue weighted by molar-refractivity contribution is -0.137. The molecule has 0 N–H and O–H groups in total. The second kappa shape index (κ2) is 13.4. The molecule has 1 aromatic carbocycles. The largest absolute Gasteiger partial charge is 0.475 e. The summed E-state index contributed by atoms with van der Waals surface area (Å²) in [5.41, 5.74) is -4.51. The van der Waals surface area contributed by atoms with Crippen LogP contribution in [-0.4, -0.2) is 113 Å². The van der Waals surface area contributed by atoms with E-state index in [-0.39, 0.29) is 79.9 Å². The zero-order valence-corrected chi connectivity index (χ0v) is 30.9. The number of anilines is 1. The Morgan fingerprint density at radius 1 is 1.09 bits per heavy atom. The molecule has 5 aliphatic heterocycles. The van der Waals surface area contributed by atoms with Gasteiger partial charge in [-0.2, -0.15) is 23.1 Å². The van der Waals surface area contributed by atoms with Gasteiger partial charge >= 0.3 is 18.3 Å². The highest BCUT2D eigenvalue weighted by molar-refractivity contribution is 6.32. The van der Waals surface area contributed by atoms with Crippen molar-refractivity contribution in [3.05, 3.63) is 28.5 Å². The SMILES string of the molecule is COCOc1cc(Cl)c(C(F)(F)F)c(-c2nc3c4c(nc(OC[C@]56CCCN5C[C@@H](F)C6)nc4c2F)N2C[C@@H]4CC[C@H]([C@H]2CO3)N4C(=O)OC(C)(C)C)c1. The molecule has 7 heterocycles.